The number of aromatic nitrogens is 3. The van der Waals surface area contributed by atoms with E-state index in [1.54, 1.807) is 17.8 Å². The molecule has 2 heterocycles. The minimum atomic E-state index is -0.242. The Bertz CT molecular complexity index is 910. The van der Waals surface area contributed by atoms with Gasteiger partial charge in [-0.3, -0.25) is 10.1 Å². The first-order valence-corrected chi connectivity index (χ1v) is 9.85. The van der Waals surface area contributed by atoms with Crippen molar-refractivity contribution in [1.29, 1.82) is 0 Å². The van der Waals surface area contributed by atoms with E-state index in [9.17, 15) is 4.79 Å². The molecule has 0 radical (unpaired) electrons. The SMILES string of the molecule is O=C(Nc1nncs1)c1ccc(NCC2(c3cccc(Br)c3)CC2)nc1. The molecule has 6 nitrogen and oxygen atoms in total. The molecular formula is C18H16BrN5OS. The Kier molecular flexibility index (Phi) is 4.69. The van der Waals surface area contributed by atoms with Crippen LogP contribution in [0.2, 0.25) is 0 Å². The van der Waals surface area contributed by atoms with Crippen LogP contribution in [0.1, 0.15) is 28.8 Å². The summed E-state index contributed by atoms with van der Waals surface area (Å²) in [4.78, 5) is 16.5. The lowest BCUT2D eigenvalue weighted by Crippen LogP contribution is -2.20. The summed E-state index contributed by atoms with van der Waals surface area (Å²) in [5.41, 5.74) is 3.57. The topological polar surface area (TPSA) is 79.8 Å². The van der Waals surface area contributed by atoms with Crippen LogP contribution in [-0.2, 0) is 5.41 Å². The summed E-state index contributed by atoms with van der Waals surface area (Å²) in [5, 5.41) is 14.1. The van der Waals surface area contributed by atoms with Crippen molar-refractivity contribution in [2.45, 2.75) is 18.3 Å². The molecule has 132 valence electrons. The molecule has 0 aliphatic heterocycles. The number of hydrogen-bond donors (Lipinski definition) is 2. The molecule has 0 spiro atoms. The number of anilines is 2. The summed E-state index contributed by atoms with van der Waals surface area (Å²) in [6.45, 7) is 0.826. The normalized spacial score (nSPS) is 14.7. The predicted molar refractivity (Wildman–Crippen MR) is 106 cm³/mol. The Balaban J connectivity index is 1.38. The average Bonchev–Trinajstić information content (AvgIpc) is 3.29. The highest BCUT2D eigenvalue weighted by molar-refractivity contribution is 9.10. The predicted octanol–water partition coefficient (Wildman–Crippen LogP) is 4.09. The number of carbonyl (C=O) groups is 1. The molecule has 8 heteroatoms. The first kappa shape index (κ1) is 17.1. The van der Waals surface area contributed by atoms with Gasteiger partial charge in [-0.2, -0.15) is 0 Å². The lowest BCUT2D eigenvalue weighted by atomic mass is 9.96. The number of hydrogen-bond acceptors (Lipinski definition) is 6. The van der Waals surface area contributed by atoms with Crippen LogP contribution in [0.25, 0.3) is 0 Å². The molecule has 2 N–H and O–H groups in total. The van der Waals surface area contributed by atoms with Crippen LogP contribution in [0.4, 0.5) is 10.9 Å². The van der Waals surface area contributed by atoms with Crippen molar-refractivity contribution in [2.75, 3.05) is 17.2 Å². The van der Waals surface area contributed by atoms with Crippen LogP contribution >= 0.6 is 27.3 Å². The van der Waals surface area contributed by atoms with Gasteiger partial charge in [-0.05, 0) is 42.7 Å². The zero-order valence-corrected chi connectivity index (χ0v) is 16.2. The third kappa shape index (κ3) is 3.76. The minimum Gasteiger partial charge on any atom is -0.369 e. The summed E-state index contributed by atoms with van der Waals surface area (Å²) in [7, 11) is 0. The lowest BCUT2D eigenvalue weighted by molar-refractivity contribution is 0.102. The van der Waals surface area contributed by atoms with Gasteiger partial charge in [0.2, 0.25) is 5.13 Å². The number of nitrogens with zero attached hydrogens (tertiary/aromatic N) is 3. The highest BCUT2D eigenvalue weighted by Crippen LogP contribution is 2.48. The monoisotopic (exact) mass is 429 g/mol. The number of amides is 1. The average molecular weight is 430 g/mol. The molecule has 4 rings (SSSR count). The van der Waals surface area contributed by atoms with Crippen LogP contribution in [0.5, 0.6) is 0 Å². The van der Waals surface area contributed by atoms with Gasteiger partial charge in [0, 0.05) is 22.6 Å². The van der Waals surface area contributed by atoms with Crippen LogP contribution < -0.4 is 10.6 Å². The molecular weight excluding hydrogens is 414 g/mol. The van der Waals surface area contributed by atoms with Gasteiger partial charge in [-0.15, -0.1) is 10.2 Å². The molecule has 3 aromatic rings. The third-order valence-electron chi connectivity index (χ3n) is 4.50. The molecule has 2 aromatic heterocycles. The molecule has 1 amide bonds. The number of carbonyl (C=O) groups excluding carboxylic acids is 1. The maximum Gasteiger partial charge on any atom is 0.259 e. The van der Waals surface area contributed by atoms with E-state index in [0.717, 1.165) is 16.8 Å². The van der Waals surface area contributed by atoms with Gasteiger partial charge in [0.05, 0.1) is 5.56 Å². The largest absolute Gasteiger partial charge is 0.369 e. The second-order valence-electron chi connectivity index (χ2n) is 6.27. The van der Waals surface area contributed by atoms with Gasteiger partial charge in [0.25, 0.3) is 5.91 Å². The highest BCUT2D eigenvalue weighted by atomic mass is 79.9. The molecule has 1 saturated carbocycles. The van der Waals surface area contributed by atoms with Crippen molar-refractivity contribution in [1.82, 2.24) is 15.2 Å². The molecule has 0 bridgehead atoms. The maximum absolute atomic E-state index is 12.1. The summed E-state index contributed by atoms with van der Waals surface area (Å²) >= 11 is 4.82. The first-order chi connectivity index (χ1) is 12.6. The molecule has 1 aromatic carbocycles. The molecule has 0 atom stereocenters. The van der Waals surface area contributed by atoms with Gasteiger partial charge in [0.1, 0.15) is 11.3 Å². The van der Waals surface area contributed by atoms with E-state index >= 15 is 0 Å². The Labute approximate surface area is 163 Å². The molecule has 1 aliphatic carbocycles. The minimum absolute atomic E-state index is 0.180. The molecule has 0 saturated heterocycles. The number of benzene rings is 1. The van der Waals surface area contributed by atoms with Crippen molar-refractivity contribution in [3.63, 3.8) is 0 Å². The Morgan fingerprint density at radius 1 is 1.27 bits per heavy atom. The van der Waals surface area contributed by atoms with Crippen molar-refractivity contribution in [3.05, 3.63) is 63.7 Å². The van der Waals surface area contributed by atoms with E-state index in [1.807, 2.05) is 12.1 Å². The second-order valence-corrected chi connectivity index (χ2v) is 8.02. The first-order valence-electron chi connectivity index (χ1n) is 8.18. The van der Waals surface area contributed by atoms with Crippen molar-refractivity contribution < 1.29 is 4.79 Å². The molecule has 1 fully saturated rings. The zero-order chi connectivity index (χ0) is 18.0. The van der Waals surface area contributed by atoms with Crippen molar-refractivity contribution >= 4 is 44.1 Å². The van der Waals surface area contributed by atoms with Crippen molar-refractivity contribution in [3.8, 4) is 0 Å². The van der Waals surface area contributed by atoms with E-state index in [2.05, 4.69) is 59.9 Å². The highest BCUT2D eigenvalue weighted by Gasteiger charge is 2.44. The van der Waals surface area contributed by atoms with Gasteiger partial charge in [-0.1, -0.05) is 39.4 Å². The van der Waals surface area contributed by atoms with E-state index < -0.39 is 0 Å². The van der Waals surface area contributed by atoms with E-state index in [4.69, 9.17) is 0 Å². The summed E-state index contributed by atoms with van der Waals surface area (Å²) in [6.07, 6.45) is 3.90. The number of halogens is 1. The number of nitrogens with one attached hydrogen (secondary N) is 2. The standard InChI is InChI=1S/C18H16BrN5OS/c19-14-3-1-2-13(8-14)18(6-7-18)10-21-15-5-4-12(9-20-15)16(25)23-17-24-22-11-26-17/h1-5,8-9,11H,6-7,10H2,(H,20,21)(H,23,24,25). The van der Waals surface area contributed by atoms with Crippen LogP contribution in [0, 0.1) is 0 Å². The van der Waals surface area contributed by atoms with E-state index in [-0.39, 0.29) is 11.3 Å². The Morgan fingerprint density at radius 3 is 2.81 bits per heavy atom. The lowest BCUT2D eigenvalue weighted by Gasteiger charge is -2.17. The fraction of sp³-hybridized carbons (Fsp3) is 0.222. The van der Waals surface area contributed by atoms with Crippen LogP contribution in [-0.4, -0.2) is 27.6 Å². The van der Waals surface area contributed by atoms with Crippen molar-refractivity contribution in [2.24, 2.45) is 0 Å². The fourth-order valence-electron chi connectivity index (χ4n) is 2.83. The molecule has 0 unspecified atom stereocenters. The van der Waals surface area contributed by atoms with Crippen LogP contribution in [0.15, 0.2) is 52.6 Å². The zero-order valence-electron chi connectivity index (χ0n) is 13.8. The Morgan fingerprint density at radius 2 is 2.15 bits per heavy atom. The molecule has 1 aliphatic rings. The van der Waals surface area contributed by atoms with E-state index in [0.29, 0.717) is 10.7 Å². The summed E-state index contributed by atoms with van der Waals surface area (Å²) < 4.78 is 1.10. The number of rotatable bonds is 6. The van der Waals surface area contributed by atoms with Gasteiger partial charge < -0.3 is 5.32 Å². The number of pyridine rings is 1. The summed E-state index contributed by atoms with van der Waals surface area (Å²) in [6, 6.07) is 12.1. The smallest absolute Gasteiger partial charge is 0.259 e. The Hall–Kier alpha value is -2.32. The second kappa shape index (κ2) is 7.13. The van der Waals surface area contributed by atoms with E-state index in [1.165, 1.54) is 29.7 Å². The van der Waals surface area contributed by atoms with Gasteiger partial charge in [-0.25, -0.2) is 4.98 Å². The van der Waals surface area contributed by atoms with Crippen LogP contribution in [0.3, 0.4) is 0 Å². The van der Waals surface area contributed by atoms with Gasteiger partial charge in [0.15, 0.2) is 0 Å². The molecule has 26 heavy (non-hydrogen) atoms. The maximum atomic E-state index is 12.1. The van der Waals surface area contributed by atoms with Gasteiger partial charge >= 0.3 is 0 Å². The fourth-order valence-corrected chi connectivity index (χ4v) is 3.67. The quantitative estimate of drug-likeness (QED) is 0.616. The summed E-state index contributed by atoms with van der Waals surface area (Å²) in [5.74, 6) is 0.521. The third-order valence-corrected chi connectivity index (χ3v) is 5.60.